The first-order valence-electron chi connectivity index (χ1n) is 12.5. The summed E-state index contributed by atoms with van der Waals surface area (Å²) in [6.45, 7) is 0. The second kappa shape index (κ2) is 10.6. The van der Waals surface area contributed by atoms with Gasteiger partial charge >= 0.3 is 0 Å². The van der Waals surface area contributed by atoms with Crippen molar-refractivity contribution in [1.82, 2.24) is 20.2 Å². The van der Waals surface area contributed by atoms with E-state index >= 15 is 0 Å². The van der Waals surface area contributed by atoms with Crippen LogP contribution in [0.5, 0.6) is 0 Å². The summed E-state index contributed by atoms with van der Waals surface area (Å²) in [7, 11) is 0. The van der Waals surface area contributed by atoms with Crippen LogP contribution < -0.4 is 0 Å². The van der Waals surface area contributed by atoms with Gasteiger partial charge in [-0.3, -0.25) is 0 Å². The highest BCUT2D eigenvalue weighted by Gasteiger charge is 2.41. The van der Waals surface area contributed by atoms with Gasteiger partial charge in [0.2, 0.25) is 5.82 Å². The maximum absolute atomic E-state index is 5.15. The minimum absolute atomic E-state index is 0.589. The smallest absolute Gasteiger partial charge is 0.144 e. The number of nitrogens with zero attached hydrogens (tertiary/aromatic N) is 4. The zero-order chi connectivity index (χ0) is 25.8. The molecule has 0 N–H and O–H groups in total. The molecule has 0 spiro atoms. The molecule has 0 atom stereocenters. The summed E-state index contributed by atoms with van der Waals surface area (Å²) in [5.74, 6) is 0.589. The molecule has 0 saturated heterocycles. The molecule has 4 nitrogen and oxygen atoms in total. The fourth-order valence-electron chi connectivity index (χ4n) is 5.17. The van der Waals surface area contributed by atoms with Crippen LogP contribution in [0.3, 0.4) is 0 Å². The van der Waals surface area contributed by atoms with Crippen LogP contribution in [0.4, 0.5) is 0 Å². The van der Waals surface area contributed by atoms with Crippen molar-refractivity contribution < 1.29 is 0 Å². The van der Waals surface area contributed by atoms with E-state index in [1.54, 1.807) is 4.80 Å². The van der Waals surface area contributed by atoms with Gasteiger partial charge in [-0.2, -0.15) is 0 Å². The molecule has 1 heterocycles. The predicted octanol–water partition coefficient (Wildman–Crippen LogP) is 7.74. The van der Waals surface area contributed by atoms with Gasteiger partial charge < -0.3 is 0 Å². The molecule has 0 bridgehead atoms. The standard InChI is InChI=1S/C33H25BrN4/c34-24-26-16-13-23-30(25-14-5-1-6-15-25)31(26)32-35-37-38(36-32)33(27-17-7-2-8-18-27,28-19-9-3-10-20-28)29-21-11-4-12-22-29/h1-23H,24H2. The molecule has 0 unspecified atom stereocenters. The van der Waals surface area contributed by atoms with Crippen molar-refractivity contribution in [3.63, 3.8) is 0 Å². The lowest BCUT2D eigenvalue weighted by Crippen LogP contribution is -2.39. The molecule has 5 heteroatoms. The Hall–Kier alpha value is -4.35. The average molecular weight is 557 g/mol. The molecule has 6 rings (SSSR count). The third kappa shape index (κ3) is 4.15. The highest BCUT2D eigenvalue weighted by atomic mass is 79.9. The average Bonchev–Trinajstić information content (AvgIpc) is 3.49. The van der Waals surface area contributed by atoms with Gasteiger partial charge in [0.05, 0.1) is 0 Å². The van der Waals surface area contributed by atoms with Crippen LogP contribution in [0, 0.1) is 0 Å². The fraction of sp³-hybridized carbons (Fsp3) is 0.0606. The molecule has 5 aromatic carbocycles. The number of hydrogen-bond acceptors (Lipinski definition) is 3. The molecule has 1 aromatic heterocycles. The highest BCUT2D eigenvalue weighted by Crippen LogP contribution is 2.41. The lowest BCUT2D eigenvalue weighted by atomic mass is 9.77. The first-order valence-corrected chi connectivity index (χ1v) is 13.6. The summed E-state index contributed by atoms with van der Waals surface area (Å²) in [5.41, 5.74) is 6.62. The SMILES string of the molecule is BrCc1cccc(-c2ccccc2)c1-c1nnn(C(c2ccccc2)(c2ccccc2)c2ccccc2)n1. The lowest BCUT2D eigenvalue weighted by molar-refractivity contribution is 0.396. The predicted molar refractivity (Wildman–Crippen MR) is 156 cm³/mol. The quantitative estimate of drug-likeness (QED) is 0.149. The maximum atomic E-state index is 5.15. The van der Waals surface area contributed by atoms with E-state index in [9.17, 15) is 0 Å². The Morgan fingerprint density at radius 3 is 1.58 bits per heavy atom. The molecule has 0 saturated carbocycles. The van der Waals surface area contributed by atoms with E-state index in [1.807, 2.05) is 24.3 Å². The number of alkyl halides is 1. The molecule has 0 aliphatic rings. The van der Waals surface area contributed by atoms with Gasteiger partial charge in [0, 0.05) is 10.9 Å². The van der Waals surface area contributed by atoms with Crippen molar-refractivity contribution >= 4 is 15.9 Å². The molecule has 6 aromatic rings. The molecular weight excluding hydrogens is 532 g/mol. The largest absolute Gasteiger partial charge is 0.205 e. The zero-order valence-corrected chi connectivity index (χ0v) is 22.2. The van der Waals surface area contributed by atoms with Crippen LogP contribution in [-0.4, -0.2) is 20.2 Å². The summed E-state index contributed by atoms with van der Waals surface area (Å²) in [5, 5.41) is 15.3. The Morgan fingerprint density at radius 2 is 1.08 bits per heavy atom. The topological polar surface area (TPSA) is 43.6 Å². The number of hydrogen-bond donors (Lipinski definition) is 0. The third-order valence-corrected chi connectivity index (χ3v) is 7.50. The van der Waals surface area contributed by atoms with Gasteiger partial charge in [-0.25, -0.2) is 0 Å². The van der Waals surface area contributed by atoms with Crippen LogP contribution in [-0.2, 0) is 10.9 Å². The molecule has 0 radical (unpaired) electrons. The molecular formula is C33H25BrN4. The molecule has 38 heavy (non-hydrogen) atoms. The number of tetrazole rings is 1. The van der Waals surface area contributed by atoms with Crippen molar-refractivity contribution in [2.24, 2.45) is 0 Å². The second-order valence-electron chi connectivity index (χ2n) is 9.05. The van der Waals surface area contributed by atoms with Crippen LogP contribution >= 0.6 is 15.9 Å². The van der Waals surface area contributed by atoms with Gasteiger partial charge in [0.1, 0.15) is 0 Å². The number of rotatable bonds is 7. The normalized spacial score (nSPS) is 11.4. The summed E-state index contributed by atoms with van der Waals surface area (Å²) in [4.78, 5) is 1.78. The second-order valence-corrected chi connectivity index (χ2v) is 9.61. The van der Waals surface area contributed by atoms with E-state index in [0.717, 1.165) is 38.9 Å². The van der Waals surface area contributed by atoms with Crippen molar-refractivity contribution in [3.8, 4) is 22.5 Å². The number of halogens is 1. The van der Waals surface area contributed by atoms with Crippen molar-refractivity contribution in [3.05, 3.63) is 162 Å². The zero-order valence-electron chi connectivity index (χ0n) is 20.7. The van der Waals surface area contributed by atoms with Gasteiger partial charge in [-0.15, -0.1) is 15.0 Å². The van der Waals surface area contributed by atoms with Crippen LogP contribution in [0.1, 0.15) is 22.3 Å². The van der Waals surface area contributed by atoms with E-state index in [1.165, 1.54) is 0 Å². The first-order chi connectivity index (χ1) is 18.8. The van der Waals surface area contributed by atoms with E-state index in [-0.39, 0.29) is 0 Å². The van der Waals surface area contributed by atoms with E-state index in [4.69, 9.17) is 15.4 Å². The van der Waals surface area contributed by atoms with Crippen LogP contribution in [0.2, 0.25) is 0 Å². The number of aromatic nitrogens is 4. The summed E-state index contributed by atoms with van der Waals surface area (Å²) >= 11 is 3.69. The summed E-state index contributed by atoms with van der Waals surface area (Å²) < 4.78 is 0. The minimum Gasteiger partial charge on any atom is -0.144 e. The third-order valence-electron chi connectivity index (χ3n) is 6.89. The Morgan fingerprint density at radius 1 is 0.579 bits per heavy atom. The highest BCUT2D eigenvalue weighted by molar-refractivity contribution is 9.08. The monoisotopic (exact) mass is 556 g/mol. The van der Waals surface area contributed by atoms with Gasteiger partial charge in [-0.1, -0.05) is 155 Å². The molecule has 0 aliphatic carbocycles. The lowest BCUT2D eigenvalue weighted by Gasteiger charge is -2.34. The van der Waals surface area contributed by atoms with Crippen LogP contribution in [0.15, 0.2) is 140 Å². The first kappa shape index (κ1) is 24.0. The van der Waals surface area contributed by atoms with Crippen molar-refractivity contribution in [2.75, 3.05) is 0 Å². The van der Waals surface area contributed by atoms with Crippen LogP contribution in [0.25, 0.3) is 22.5 Å². The Bertz CT molecular complexity index is 1540. The van der Waals surface area contributed by atoms with E-state index in [2.05, 4.69) is 131 Å². The van der Waals surface area contributed by atoms with Crippen molar-refractivity contribution in [1.29, 1.82) is 0 Å². The Balaban J connectivity index is 1.64. The molecule has 0 fully saturated rings. The Labute approximate surface area is 230 Å². The number of benzene rings is 5. The van der Waals surface area contributed by atoms with Gasteiger partial charge in [-0.05, 0) is 38.6 Å². The van der Waals surface area contributed by atoms with Gasteiger partial charge in [0.15, 0.2) is 5.54 Å². The van der Waals surface area contributed by atoms with E-state index in [0.29, 0.717) is 11.2 Å². The maximum Gasteiger partial charge on any atom is 0.205 e. The Kier molecular flexibility index (Phi) is 6.67. The molecule has 184 valence electrons. The fourth-order valence-corrected chi connectivity index (χ4v) is 5.64. The van der Waals surface area contributed by atoms with Gasteiger partial charge in [0.25, 0.3) is 0 Å². The molecule has 0 aliphatic heterocycles. The van der Waals surface area contributed by atoms with E-state index < -0.39 is 5.54 Å². The minimum atomic E-state index is -0.814. The molecule has 0 amide bonds. The summed E-state index contributed by atoms with van der Waals surface area (Å²) in [6, 6.07) is 47.9. The van der Waals surface area contributed by atoms with Crippen molar-refractivity contribution in [2.45, 2.75) is 10.9 Å². The summed E-state index contributed by atoms with van der Waals surface area (Å²) in [6.07, 6.45) is 0.